The highest BCUT2D eigenvalue weighted by molar-refractivity contribution is 5.46. The number of rotatable bonds is 8. The molecule has 4 rings (SSSR count). The molecule has 0 bridgehead atoms. The number of fused-ring (bicyclic) bond motifs is 1. The van der Waals surface area contributed by atoms with E-state index in [1.807, 2.05) is 36.4 Å². The summed E-state index contributed by atoms with van der Waals surface area (Å²) in [5, 5.41) is 14.3. The number of methoxy groups -OCH3 is 1. The van der Waals surface area contributed by atoms with Gasteiger partial charge in [0.2, 0.25) is 0 Å². The summed E-state index contributed by atoms with van der Waals surface area (Å²) in [6, 6.07) is 24.8. The second kappa shape index (κ2) is 9.99. The van der Waals surface area contributed by atoms with Crippen LogP contribution in [0, 0.1) is 0 Å². The van der Waals surface area contributed by atoms with Gasteiger partial charge >= 0.3 is 0 Å². The molecule has 0 saturated heterocycles. The molecule has 31 heavy (non-hydrogen) atoms. The van der Waals surface area contributed by atoms with Gasteiger partial charge < -0.3 is 19.9 Å². The van der Waals surface area contributed by atoms with E-state index in [4.69, 9.17) is 9.47 Å². The van der Waals surface area contributed by atoms with Crippen LogP contribution in [-0.2, 0) is 6.42 Å². The van der Waals surface area contributed by atoms with Crippen molar-refractivity contribution in [1.82, 2.24) is 5.32 Å². The summed E-state index contributed by atoms with van der Waals surface area (Å²) in [5.74, 6) is 1.78. The fourth-order valence-electron chi connectivity index (χ4n) is 4.49. The molecule has 3 unspecified atom stereocenters. The Morgan fingerprint density at radius 2 is 1.58 bits per heavy atom. The summed E-state index contributed by atoms with van der Waals surface area (Å²) in [5.41, 5.74) is 4.86. The minimum absolute atomic E-state index is 0.108. The van der Waals surface area contributed by atoms with Gasteiger partial charge in [-0.05, 0) is 42.6 Å². The van der Waals surface area contributed by atoms with Crippen molar-refractivity contribution in [2.45, 2.75) is 37.8 Å². The van der Waals surface area contributed by atoms with Gasteiger partial charge in [0.05, 0.1) is 13.2 Å². The molecule has 0 aromatic heterocycles. The first-order chi connectivity index (χ1) is 15.2. The van der Waals surface area contributed by atoms with Crippen LogP contribution in [0.1, 0.15) is 47.6 Å². The number of benzene rings is 3. The molecule has 0 saturated carbocycles. The predicted octanol–water partition coefficient (Wildman–Crippen LogP) is 4.86. The normalized spacial score (nSPS) is 17.5. The molecule has 4 nitrogen and oxygen atoms in total. The van der Waals surface area contributed by atoms with Crippen LogP contribution < -0.4 is 14.8 Å². The summed E-state index contributed by atoms with van der Waals surface area (Å²) in [7, 11) is 1.70. The lowest BCUT2D eigenvalue weighted by molar-refractivity contribution is 0.0887. The summed E-state index contributed by atoms with van der Waals surface area (Å²) >= 11 is 0. The van der Waals surface area contributed by atoms with E-state index < -0.39 is 6.10 Å². The highest BCUT2D eigenvalue weighted by atomic mass is 16.5. The second-order valence-electron chi connectivity index (χ2n) is 8.16. The molecular formula is C27H31NO3. The third-order valence-electron chi connectivity index (χ3n) is 6.15. The first-order valence-corrected chi connectivity index (χ1v) is 11.0. The lowest BCUT2D eigenvalue weighted by Gasteiger charge is -2.28. The van der Waals surface area contributed by atoms with E-state index in [1.165, 1.54) is 11.1 Å². The number of nitrogens with one attached hydrogen (secondary N) is 1. The van der Waals surface area contributed by atoms with Crippen LogP contribution in [0.3, 0.4) is 0 Å². The maximum absolute atomic E-state index is 10.7. The van der Waals surface area contributed by atoms with Crippen LogP contribution >= 0.6 is 0 Å². The number of aliphatic hydroxyl groups is 1. The van der Waals surface area contributed by atoms with Crippen LogP contribution in [-0.4, -0.2) is 31.5 Å². The molecule has 0 fully saturated rings. The van der Waals surface area contributed by atoms with Crippen LogP contribution in [0.5, 0.6) is 11.5 Å². The fraction of sp³-hybridized carbons (Fsp3) is 0.333. The maximum atomic E-state index is 10.7. The van der Waals surface area contributed by atoms with Crippen molar-refractivity contribution in [2.75, 3.05) is 20.3 Å². The maximum Gasteiger partial charge on any atom is 0.123 e. The standard InChI is InChI=1S/C27H31NO3/c1-19(22-10-5-7-13-26(22)30-2)23-11-6-8-14-27(23)31-18-21(29)17-25-24-12-4-3-9-20(24)15-16-28-25/h3-14,19,21,25,28-29H,15-18H2,1-2H3. The van der Waals surface area contributed by atoms with Crippen molar-refractivity contribution >= 4 is 0 Å². The third-order valence-corrected chi connectivity index (χ3v) is 6.15. The van der Waals surface area contributed by atoms with Gasteiger partial charge in [0.15, 0.2) is 0 Å². The van der Waals surface area contributed by atoms with E-state index in [9.17, 15) is 5.11 Å². The molecule has 0 aliphatic carbocycles. The number of para-hydroxylation sites is 2. The lowest BCUT2D eigenvalue weighted by Crippen LogP contribution is -2.33. The second-order valence-corrected chi connectivity index (χ2v) is 8.16. The molecule has 0 radical (unpaired) electrons. The van der Waals surface area contributed by atoms with E-state index in [0.717, 1.165) is 35.6 Å². The Morgan fingerprint density at radius 1 is 0.935 bits per heavy atom. The first-order valence-electron chi connectivity index (χ1n) is 11.0. The van der Waals surface area contributed by atoms with Crippen LogP contribution in [0.2, 0.25) is 0 Å². The molecule has 3 aromatic carbocycles. The van der Waals surface area contributed by atoms with Gasteiger partial charge in [-0.1, -0.05) is 67.6 Å². The molecule has 1 heterocycles. The van der Waals surface area contributed by atoms with Crippen LogP contribution in [0.25, 0.3) is 0 Å². The highest BCUT2D eigenvalue weighted by Crippen LogP contribution is 2.36. The van der Waals surface area contributed by atoms with E-state index in [2.05, 4.69) is 48.6 Å². The van der Waals surface area contributed by atoms with Crippen molar-refractivity contribution in [3.63, 3.8) is 0 Å². The summed E-state index contributed by atoms with van der Waals surface area (Å²) in [4.78, 5) is 0. The third kappa shape index (κ3) is 4.92. The summed E-state index contributed by atoms with van der Waals surface area (Å²) in [6.07, 6.45) is 1.10. The van der Waals surface area contributed by atoms with Crippen molar-refractivity contribution in [3.8, 4) is 11.5 Å². The Hall–Kier alpha value is -2.82. The predicted molar refractivity (Wildman–Crippen MR) is 124 cm³/mol. The molecule has 1 aliphatic heterocycles. The molecule has 0 amide bonds. The average Bonchev–Trinajstić information content (AvgIpc) is 2.82. The van der Waals surface area contributed by atoms with Gasteiger partial charge in [-0.2, -0.15) is 0 Å². The molecule has 3 atom stereocenters. The number of hydrogen-bond donors (Lipinski definition) is 2. The van der Waals surface area contributed by atoms with Crippen molar-refractivity contribution < 1.29 is 14.6 Å². The minimum Gasteiger partial charge on any atom is -0.496 e. The van der Waals surface area contributed by atoms with Gasteiger partial charge in [-0.15, -0.1) is 0 Å². The van der Waals surface area contributed by atoms with E-state index in [0.29, 0.717) is 6.42 Å². The van der Waals surface area contributed by atoms with Gasteiger partial charge in [0.1, 0.15) is 18.1 Å². The quantitative estimate of drug-likeness (QED) is 0.549. The number of aliphatic hydroxyl groups excluding tert-OH is 1. The summed E-state index contributed by atoms with van der Waals surface area (Å²) in [6.45, 7) is 3.35. The van der Waals surface area contributed by atoms with Crippen LogP contribution in [0.15, 0.2) is 72.8 Å². The van der Waals surface area contributed by atoms with Gasteiger partial charge in [0, 0.05) is 23.1 Å². The van der Waals surface area contributed by atoms with Crippen molar-refractivity contribution in [2.24, 2.45) is 0 Å². The molecule has 3 aromatic rings. The Balaban J connectivity index is 1.44. The largest absolute Gasteiger partial charge is 0.496 e. The SMILES string of the molecule is COc1ccccc1C(C)c1ccccc1OCC(O)CC1NCCc2ccccc21. The molecule has 1 aliphatic rings. The zero-order chi connectivity index (χ0) is 21.6. The highest BCUT2D eigenvalue weighted by Gasteiger charge is 2.23. The molecule has 4 heteroatoms. The monoisotopic (exact) mass is 417 g/mol. The lowest BCUT2D eigenvalue weighted by atomic mass is 9.91. The van der Waals surface area contributed by atoms with Crippen LogP contribution in [0.4, 0.5) is 0 Å². The van der Waals surface area contributed by atoms with Gasteiger partial charge in [-0.25, -0.2) is 0 Å². The van der Waals surface area contributed by atoms with E-state index in [1.54, 1.807) is 7.11 Å². The zero-order valence-electron chi connectivity index (χ0n) is 18.3. The molecular weight excluding hydrogens is 386 g/mol. The smallest absolute Gasteiger partial charge is 0.123 e. The molecule has 0 spiro atoms. The fourth-order valence-corrected chi connectivity index (χ4v) is 4.49. The van der Waals surface area contributed by atoms with E-state index >= 15 is 0 Å². The van der Waals surface area contributed by atoms with Gasteiger partial charge in [-0.3, -0.25) is 0 Å². The number of ether oxygens (including phenoxy) is 2. The molecule has 162 valence electrons. The van der Waals surface area contributed by atoms with Crippen molar-refractivity contribution in [1.29, 1.82) is 0 Å². The first kappa shape index (κ1) is 21.4. The van der Waals surface area contributed by atoms with Crippen molar-refractivity contribution in [3.05, 3.63) is 95.1 Å². The van der Waals surface area contributed by atoms with E-state index in [-0.39, 0.29) is 18.6 Å². The minimum atomic E-state index is -0.557. The average molecular weight is 418 g/mol. The topological polar surface area (TPSA) is 50.7 Å². The Kier molecular flexibility index (Phi) is 6.90. The Labute approximate surface area is 184 Å². The molecule has 2 N–H and O–H groups in total. The Morgan fingerprint density at radius 3 is 2.35 bits per heavy atom. The summed E-state index contributed by atoms with van der Waals surface area (Å²) < 4.78 is 11.7. The Bertz CT molecular complexity index is 1000. The zero-order valence-corrected chi connectivity index (χ0v) is 18.3. The van der Waals surface area contributed by atoms with Gasteiger partial charge in [0.25, 0.3) is 0 Å². The number of hydrogen-bond acceptors (Lipinski definition) is 4.